The van der Waals surface area contributed by atoms with Crippen molar-refractivity contribution >= 4 is 29.2 Å². The van der Waals surface area contributed by atoms with E-state index in [0.717, 1.165) is 42.9 Å². The number of hydrogen-bond donors (Lipinski definition) is 1. The normalized spacial score (nSPS) is 20.3. The van der Waals surface area contributed by atoms with Crippen LogP contribution in [0.2, 0.25) is 5.02 Å². The number of nitrogens with one attached hydrogen (secondary N) is 1. The topological polar surface area (TPSA) is 90.7 Å². The van der Waals surface area contributed by atoms with E-state index in [-0.39, 0.29) is 24.0 Å². The van der Waals surface area contributed by atoms with Crippen LogP contribution in [-0.4, -0.2) is 58.8 Å². The van der Waals surface area contributed by atoms with E-state index in [9.17, 15) is 10.1 Å². The number of piperidine rings is 2. The van der Waals surface area contributed by atoms with Crippen LogP contribution in [0.15, 0.2) is 54.7 Å². The van der Waals surface area contributed by atoms with Gasteiger partial charge in [-0.05, 0) is 57.9 Å². The molecule has 0 spiro atoms. The van der Waals surface area contributed by atoms with Crippen molar-refractivity contribution < 1.29 is 14.3 Å². The largest absolute Gasteiger partial charge is 0.489 e. The molecule has 3 aromatic rings. The fraction of sp³-hybridized carbons (Fsp3) is 0.441. The minimum absolute atomic E-state index is 0.0662. The molecule has 3 heterocycles. The molecule has 2 aliphatic rings. The SMILES string of the molecule is CCc1cnc(Nc2ccc(C#N)cc2Cl)c(C)c1OC1C2CN(Cc3ccccc3)CC1CN(C(=O)OC(C)(C)C)C2. The maximum absolute atomic E-state index is 13.1. The third-order valence-electron chi connectivity index (χ3n) is 8.05. The lowest BCUT2D eigenvalue weighted by Crippen LogP contribution is -2.62. The lowest BCUT2D eigenvalue weighted by molar-refractivity contribution is -0.0711. The zero-order chi connectivity index (χ0) is 30.7. The van der Waals surface area contributed by atoms with Gasteiger partial charge in [0.25, 0.3) is 0 Å². The van der Waals surface area contributed by atoms with E-state index >= 15 is 0 Å². The van der Waals surface area contributed by atoms with Crippen molar-refractivity contribution in [2.24, 2.45) is 11.8 Å². The molecule has 226 valence electrons. The number of likely N-dealkylation sites (tertiary alicyclic amines) is 2. The predicted molar refractivity (Wildman–Crippen MR) is 169 cm³/mol. The number of ether oxygens (including phenoxy) is 2. The summed E-state index contributed by atoms with van der Waals surface area (Å²) in [6.45, 7) is 13.4. The maximum Gasteiger partial charge on any atom is 0.410 e. The first-order chi connectivity index (χ1) is 20.5. The number of nitriles is 1. The van der Waals surface area contributed by atoms with Gasteiger partial charge in [0.2, 0.25) is 0 Å². The summed E-state index contributed by atoms with van der Waals surface area (Å²) in [5.74, 6) is 1.68. The molecule has 1 N–H and O–H groups in total. The molecule has 9 heteroatoms. The lowest BCUT2D eigenvalue weighted by Gasteiger charge is -2.50. The molecular formula is C34H40ClN5O3. The van der Waals surface area contributed by atoms with Crippen LogP contribution in [0, 0.1) is 30.1 Å². The Morgan fingerprint density at radius 1 is 1.12 bits per heavy atom. The van der Waals surface area contributed by atoms with Crippen molar-refractivity contribution in [2.45, 2.75) is 59.3 Å². The first-order valence-electron chi connectivity index (χ1n) is 14.9. The van der Waals surface area contributed by atoms with Crippen molar-refractivity contribution in [3.63, 3.8) is 0 Å². The summed E-state index contributed by atoms with van der Waals surface area (Å²) >= 11 is 6.46. The van der Waals surface area contributed by atoms with E-state index in [1.807, 2.05) is 44.9 Å². The van der Waals surface area contributed by atoms with Crippen molar-refractivity contribution in [1.82, 2.24) is 14.8 Å². The van der Waals surface area contributed by atoms with Gasteiger partial charge in [0.05, 0.1) is 22.3 Å². The second kappa shape index (κ2) is 12.8. The highest BCUT2D eigenvalue weighted by Crippen LogP contribution is 2.38. The van der Waals surface area contributed by atoms with Crippen LogP contribution in [0.25, 0.3) is 0 Å². The number of hydrogen-bond acceptors (Lipinski definition) is 7. The number of halogens is 1. The Bertz CT molecular complexity index is 1480. The van der Waals surface area contributed by atoms with Crippen LogP contribution in [0.5, 0.6) is 5.75 Å². The molecule has 2 bridgehead atoms. The number of carbonyl (C=O) groups excluding carboxylic acids is 1. The number of amides is 1. The fourth-order valence-electron chi connectivity index (χ4n) is 6.07. The standard InChI is InChI=1S/C34H40ClN5O3/c1-6-25-16-37-32(38-29-13-12-24(15-36)14-28(29)35)22(2)30(25)42-31-26-18-39(17-23-10-8-7-9-11-23)19-27(31)21-40(20-26)33(41)43-34(3,4)5/h7-14,16,26-27,31H,6,17-21H2,1-5H3,(H,37,38). The first kappa shape index (κ1) is 30.7. The summed E-state index contributed by atoms with van der Waals surface area (Å²) in [4.78, 5) is 22.2. The average Bonchev–Trinajstić information content (AvgIpc) is 2.95. The monoisotopic (exact) mass is 601 g/mol. The first-order valence-corrected chi connectivity index (χ1v) is 15.3. The summed E-state index contributed by atoms with van der Waals surface area (Å²) in [6.07, 6.45) is 2.30. The highest BCUT2D eigenvalue weighted by molar-refractivity contribution is 6.33. The van der Waals surface area contributed by atoms with Crippen LogP contribution in [0.4, 0.5) is 16.3 Å². The number of fused-ring (bicyclic) bond motifs is 2. The molecule has 43 heavy (non-hydrogen) atoms. The molecule has 2 saturated heterocycles. The summed E-state index contributed by atoms with van der Waals surface area (Å²) < 4.78 is 12.7. The molecule has 0 saturated carbocycles. The maximum atomic E-state index is 13.1. The number of aryl methyl sites for hydroxylation is 1. The third kappa shape index (κ3) is 7.23. The van der Waals surface area contributed by atoms with E-state index in [4.69, 9.17) is 21.1 Å². The Labute approximate surface area is 259 Å². The summed E-state index contributed by atoms with van der Waals surface area (Å²) in [5.41, 5.74) is 3.82. The van der Waals surface area contributed by atoms with Crippen LogP contribution in [-0.2, 0) is 17.7 Å². The number of aromatic nitrogens is 1. The molecule has 2 aliphatic heterocycles. The van der Waals surface area contributed by atoms with Crippen LogP contribution >= 0.6 is 11.6 Å². The van der Waals surface area contributed by atoms with Crippen LogP contribution in [0.1, 0.15) is 49.9 Å². The van der Waals surface area contributed by atoms with E-state index in [1.165, 1.54) is 5.56 Å². The van der Waals surface area contributed by atoms with E-state index in [0.29, 0.717) is 35.2 Å². The second-order valence-electron chi connectivity index (χ2n) is 12.5. The van der Waals surface area contributed by atoms with Gasteiger partial charge in [-0.2, -0.15) is 5.26 Å². The molecule has 5 rings (SSSR count). The summed E-state index contributed by atoms with van der Waals surface area (Å²) in [6, 6.07) is 17.8. The molecule has 2 atom stereocenters. The Hall–Kier alpha value is -3.80. The van der Waals surface area contributed by atoms with Crippen molar-refractivity contribution in [3.05, 3.63) is 82.0 Å². The minimum Gasteiger partial charge on any atom is -0.489 e. The van der Waals surface area contributed by atoms with Gasteiger partial charge in [-0.3, -0.25) is 4.90 Å². The quantitative estimate of drug-likeness (QED) is 0.313. The van der Waals surface area contributed by atoms with Crippen molar-refractivity contribution in [3.8, 4) is 11.8 Å². The Kier molecular flexibility index (Phi) is 9.14. The number of nitrogens with zero attached hydrogens (tertiary/aromatic N) is 4. The number of benzene rings is 2. The summed E-state index contributed by atoms with van der Waals surface area (Å²) in [7, 11) is 0. The molecule has 0 radical (unpaired) electrons. The molecular weight excluding hydrogens is 562 g/mol. The molecule has 2 fully saturated rings. The number of carbonyl (C=O) groups is 1. The number of rotatable bonds is 7. The van der Waals surface area contributed by atoms with Gasteiger partial charge >= 0.3 is 6.09 Å². The van der Waals surface area contributed by atoms with Gasteiger partial charge in [0.15, 0.2) is 0 Å². The van der Waals surface area contributed by atoms with Crippen LogP contribution in [0.3, 0.4) is 0 Å². The number of pyridine rings is 1. The molecule has 1 amide bonds. The van der Waals surface area contributed by atoms with Gasteiger partial charge in [0, 0.05) is 61.9 Å². The van der Waals surface area contributed by atoms with E-state index < -0.39 is 5.60 Å². The Morgan fingerprint density at radius 2 is 1.81 bits per heavy atom. The predicted octanol–water partition coefficient (Wildman–Crippen LogP) is 6.97. The lowest BCUT2D eigenvalue weighted by atomic mass is 9.81. The van der Waals surface area contributed by atoms with E-state index in [2.05, 4.69) is 52.5 Å². The van der Waals surface area contributed by atoms with Gasteiger partial charge in [-0.25, -0.2) is 9.78 Å². The van der Waals surface area contributed by atoms with Gasteiger partial charge in [-0.15, -0.1) is 0 Å². The van der Waals surface area contributed by atoms with Gasteiger partial charge in [0.1, 0.15) is 23.3 Å². The zero-order valence-corrected chi connectivity index (χ0v) is 26.3. The average molecular weight is 602 g/mol. The van der Waals surface area contributed by atoms with Crippen LogP contribution < -0.4 is 10.1 Å². The van der Waals surface area contributed by atoms with Crippen molar-refractivity contribution in [2.75, 3.05) is 31.5 Å². The third-order valence-corrected chi connectivity index (χ3v) is 8.36. The zero-order valence-electron chi connectivity index (χ0n) is 25.6. The smallest absolute Gasteiger partial charge is 0.410 e. The van der Waals surface area contributed by atoms with Crippen molar-refractivity contribution in [1.29, 1.82) is 5.26 Å². The molecule has 2 aromatic carbocycles. The molecule has 0 aliphatic carbocycles. The molecule has 8 nitrogen and oxygen atoms in total. The molecule has 1 aromatic heterocycles. The van der Waals surface area contributed by atoms with Gasteiger partial charge in [-0.1, -0.05) is 48.9 Å². The highest BCUT2D eigenvalue weighted by Gasteiger charge is 2.46. The van der Waals surface area contributed by atoms with Gasteiger partial charge < -0.3 is 19.7 Å². The Balaban J connectivity index is 1.41. The number of anilines is 2. The second-order valence-corrected chi connectivity index (χ2v) is 12.9. The Morgan fingerprint density at radius 3 is 2.42 bits per heavy atom. The van der Waals surface area contributed by atoms with E-state index in [1.54, 1.807) is 18.2 Å². The fourth-order valence-corrected chi connectivity index (χ4v) is 6.30. The minimum atomic E-state index is -0.551. The summed E-state index contributed by atoms with van der Waals surface area (Å²) in [5, 5.41) is 13.0. The molecule has 2 unspecified atom stereocenters. The highest BCUT2D eigenvalue weighted by atomic mass is 35.5.